The summed E-state index contributed by atoms with van der Waals surface area (Å²) in [6.45, 7) is 5.96. The highest BCUT2D eigenvalue weighted by Gasteiger charge is 2.24. The molecule has 0 aliphatic carbocycles. The summed E-state index contributed by atoms with van der Waals surface area (Å²) in [7, 11) is 4.11. The van der Waals surface area contributed by atoms with E-state index < -0.39 is 23.4 Å². The SMILES string of the molecule is C[NH+](C)CC(C)(C)C[NH2+]CC(=O)Nc1ccc(F)c(F)c1F. The zero-order valence-corrected chi connectivity index (χ0v) is 13.4. The third kappa shape index (κ3) is 5.65. The molecule has 0 spiro atoms. The predicted molar refractivity (Wildman–Crippen MR) is 78.1 cm³/mol. The molecule has 124 valence electrons. The molecule has 22 heavy (non-hydrogen) atoms. The Hall–Kier alpha value is -1.60. The Morgan fingerprint density at radius 1 is 1.23 bits per heavy atom. The van der Waals surface area contributed by atoms with Crippen LogP contribution in [0.25, 0.3) is 0 Å². The number of benzene rings is 1. The lowest BCUT2D eigenvalue weighted by atomic mass is 9.93. The van der Waals surface area contributed by atoms with Gasteiger partial charge in [-0.05, 0) is 26.0 Å². The maximum atomic E-state index is 13.4. The van der Waals surface area contributed by atoms with E-state index in [-0.39, 0.29) is 17.6 Å². The number of carbonyl (C=O) groups excluding carboxylic acids is 1. The molecular weight excluding hydrogens is 295 g/mol. The monoisotopic (exact) mass is 319 g/mol. The van der Waals surface area contributed by atoms with Gasteiger partial charge in [0.25, 0.3) is 5.91 Å². The van der Waals surface area contributed by atoms with Crippen molar-refractivity contribution in [1.82, 2.24) is 0 Å². The van der Waals surface area contributed by atoms with E-state index in [1.807, 2.05) is 5.32 Å². The Morgan fingerprint density at radius 3 is 2.45 bits per heavy atom. The third-order valence-corrected chi connectivity index (χ3v) is 3.17. The molecule has 0 unspecified atom stereocenters. The van der Waals surface area contributed by atoms with Gasteiger partial charge in [0.1, 0.15) is 0 Å². The van der Waals surface area contributed by atoms with Crippen LogP contribution in [0.4, 0.5) is 18.9 Å². The van der Waals surface area contributed by atoms with E-state index in [2.05, 4.69) is 33.3 Å². The Bertz CT molecular complexity index is 533. The summed E-state index contributed by atoms with van der Waals surface area (Å²) < 4.78 is 39.3. The molecule has 1 amide bonds. The first-order valence-corrected chi connectivity index (χ1v) is 7.16. The summed E-state index contributed by atoms with van der Waals surface area (Å²) in [5.74, 6) is -4.71. The fourth-order valence-electron chi connectivity index (χ4n) is 2.45. The van der Waals surface area contributed by atoms with Gasteiger partial charge < -0.3 is 15.5 Å². The fourth-order valence-corrected chi connectivity index (χ4v) is 2.45. The van der Waals surface area contributed by atoms with E-state index in [1.54, 1.807) is 0 Å². The normalized spacial score (nSPS) is 11.8. The molecule has 4 N–H and O–H groups in total. The van der Waals surface area contributed by atoms with Crippen LogP contribution >= 0.6 is 0 Å². The van der Waals surface area contributed by atoms with Gasteiger partial charge in [0, 0.05) is 0 Å². The highest BCUT2D eigenvalue weighted by molar-refractivity contribution is 5.91. The van der Waals surface area contributed by atoms with Crippen molar-refractivity contribution in [3.63, 3.8) is 0 Å². The largest absolute Gasteiger partial charge is 0.339 e. The van der Waals surface area contributed by atoms with E-state index in [1.165, 1.54) is 4.90 Å². The number of anilines is 1. The van der Waals surface area contributed by atoms with Gasteiger partial charge in [0.2, 0.25) is 0 Å². The number of quaternary nitrogens is 2. The number of nitrogens with one attached hydrogen (secondary N) is 2. The van der Waals surface area contributed by atoms with Crippen LogP contribution in [-0.2, 0) is 4.79 Å². The first-order valence-electron chi connectivity index (χ1n) is 7.16. The fraction of sp³-hybridized carbons (Fsp3) is 0.533. The topological polar surface area (TPSA) is 50.2 Å². The molecule has 1 aromatic carbocycles. The summed E-state index contributed by atoms with van der Waals surface area (Å²) in [4.78, 5) is 13.1. The number of hydrogen-bond acceptors (Lipinski definition) is 1. The van der Waals surface area contributed by atoms with Gasteiger partial charge in [-0.25, -0.2) is 13.2 Å². The number of amides is 1. The van der Waals surface area contributed by atoms with Crippen molar-refractivity contribution in [3.8, 4) is 0 Å². The van der Waals surface area contributed by atoms with Crippen molar-refractivity contribution in [2.45, 2.75) is 13.8 Å². The average Bonchev–Trinajstić information content (AvgIpc) is 2.38. The van der Waals surface area contributed by atoms with Crippen LogP contribution in [0.15, 0.2) is 12.1 Å². The minimum atomic E-state index is -1.59. The molecule has 0 saturated heterocycles. The maximum Gasteiger partial charge on any atom is 0.279 e. The molecule has 0 radical (unpaired) electrons. The predicted octanol–water partition coefficient (Wildman–Crippen LogP) is -0.223. The number of carbonyl (C=O) groups is 1. The van der Waals surface area contributed by atoms with Gasteiger partial charge >= 0.3 is 0 Å². The third-order valence-electron chi connectivity index (χ3n) is 3.17. The second-order valence-electron chi connectivity index (χ2n) is 6.52. The summed E-state index contributed by atoms with van der Waals surface area (Å²) in [6.07, 6.45) is 0. The van der Waals surface area contributed by atoms with Gasteiger partial charge in [0.05, 0.1) is 38.3 Å². The molecule has 1 rings (SSSR count). The van der Waals surface area contributed by atoms with Crippen molar-refractivity contribution in [2.75, 3.05) is 39.0 Å². The molecule has 0 aliphatic heterocycles. The Balaban J connectivity index is 2.49. The van der Waals surface area contributed by atoms with Gasteiger partial charge in [0.15, 0.2) is 24.0 Å². The first kappa shape index (κ1) is 18.4. The molecule has 1 aromatic rings. The lowest BCUT2D eigenvalue weighted by molar-refractivity contribution is -0.868. The summed E-state index contributed by atoms with van der Waals surface area (Å²) in [5.41, 5.74) is -0.305. The minimum absolute atomic E-state index is 0.0480. The average molecular weight is 319 g/mol. The molecule has 4 nitrogen and oxygen atoms in total. The van der Waals surface area contributed by atoms with Crippen LogP contribution in [-0.4, -0.2) is 39.6 Å². The quantitative estimate of drug-likeness (QED) is 0.598. The number of nitrogens with two attached hydrogens (primary N) is 1. The van der Waals surface area contributed by atoms with Crippen molar-refractivity contribution >= 4 is 11.6 Å². The molecule has 7 heteroatoms. The second kappa shape index (κ2) is 7.60. The molecule has 0 heterocycles. The first-order chi connectivity index (χ1) is 10.1. The van der Waals surface area contributed by atoms with Crippen molar-refractivity contribution in [3.05, 3.63) is 29.6 Å². The Morgan fingerprint density at radius 2 is 1.86 bits per heavy atom. The minimum Gasteiger partial charge on any atom is -0.339 e. The van der Waals surface area contributed by atoms with E-state index in [0.29, 0.717) is 0 Å². The summed E-state index contributed by atoms with van der Waals surface area (Å²) >= 11 is 0. The van der Waals surface area contributed by atoms with Gasteiger partial charge in [-0.1, -0.05) is 0 Å². The second-order valence-corrected chi connectivity index (χ2v) is 6.52. The lowest BCUT2D eigenvalue weighted by Crippen LogP contribution is -3.08. The van der Waals surface area contributed by atoms with Crippen molar-refractivity contribution < 1.29 is 28.2 Å². The van der Waals surface area contributed by atoms with Crippen LogP contribution < -0.4 is 15.5 Å². The molecule has 0 atom stereocenters. The van der Waals surface area contributed by atoms with Gasteiger partial charge in [-0.15, -0.1) is 0 Å². The summed E-state index contributed by atoms with van der Waals surface area (Å²) in [5, 5.41) is 4.06. The highest BCUT2D eigenvalue weighted by atomic mass is 19.2. The molecule has 0 aliphatic rings. The van der Waals surface area contributed by atoms with E-state index in [4.69, 9.17) is 0 Å². The van der Waals surface area contributed by atoms with Crippen LogP contribution in [0.2, 0.25) is 0 Å². The zero-order chi connectivity index (χ0) is 16.9. The molecule has 0 fully saturated rings. The maximum absolute atomic E-state index is 13.4. The molecule has 0 saturated carbocycles. The van der Waals surface area contributed by atoms with Crippen LogP contribution in [0.5, 0.6) is 0 Å². The number of halogens is 3. The highest BCUT2D eigenvalue weighted by Crippen LogP contribution is 2.19. The lowest BCUT2D eigenvalue weighted by Gasteiger charge is -2.23. The molecule has 0 aromatic heterocycles. The van der Waals surface area contributed by atoms with Crippen LogP contribution in [0, 0.1) is 22.9 Å². The molecule has 0 bridgehead atoms. The van der Waals surface area contributed by atoms with Crippen molar-refractivity contribution in [1.29, 1.82) is 0 Å². The Kier molecular flexibility index (Phi) is 6.37. The van der Waals surface area contributed by atoms with E-state index >= 15 is 0 Å². The van der Waals surface area contributed by atoms with Crippen molar-refractivity contribution in [2.24, 2.45) is 5.41 Å². The zero-order valence-electron chi connectivity index (χ0n) is 13.4. The van der Waals surface area contributed by atoms with E-state index in [0.717, 1.165) is 25.2 Å². The van der Waals surface area contributed by atoms with Crippen LogP contribution in [0.1, 0.15) is 13.8 Å². The molecular formula is C15H24F3N3O+2. The van der Waals surface area contributed by atoms with Crippen LogP contribution in [0.3, 0.4) is 0 Å². The van der Waals surface area contributed by atoms with E-state index in [9.17, 15) is 18.0 Å². The number of rotatable bonds is 7. The standard InChI is InChI=1S/C15H22F3N3O/c1-15(2,9-21(3)4)8-19-7-12(22)20-11-6-5-10(16)13(17)14(11)18/h5-6,19H,7-9H2,1-4H3,(H,20,22)/p+2. The van der Waals surface area contributed by atoms with Gasteiger partial charge in [-0.3, -0.25) is 4.79 Å². The number of hydrogen-bond donors (Lipinski definition) is 3. The smallest absolute Gasteiger partial charge is 0.279 e. The Labute approximate surface area is 128 Å². The summed E-state index contributed by atoms with van der Waals surface area (Å²) in [6, 6.07) is 1.78. The van der Waals surface area contributed by atoms with Gasteiger partial charge in [-0.2, -0.15) is 0 Å².